The first kappa shape index (κ1) is 22.6. The summed E-state index contributed by atoms with van der Waals surface area (Å²) >= 11 is 6.20. The van der Waals surface area contributed by atoms with Crippen molar-refractivity contribution in [2.75, 3.05) is 57.2 Å². The van der Waals surface area contributed by atoms with Crippen molar-refractivity contribution in [3.63, 3.8) is 0 Å². The average molecular weight is 462 g/mol. The number of aromatic nitrogens is 2. The molecule has 0 unspecified atom stereocenters. The van der Waals surface area contributed by atoms with Crippen molar-refractivity contribution in [3.05, 3.63) is 35.0 Å². The maximum absolute atomic E-state index is 12.9. The Bertz CT molecular complexity index is 935. The van der Waals surface area contributed by atoms with E-state index in [0.717, 1.165) is 19.3 Å². The molecule has 2 heterocycles. The molecule has 1 aliphatic carbocycles. The van der Waals surface area contributed by atoms with Crippen molar-refractivity contribution in [1.82, 2.24) is 14.9 Å². The van der Waals surface area contributed by atoms with E-state index in [1.165, 1.54) is 6.20 Å². The first-order valence-corrected chi connectivity index (χ1v) is 11.2. The molecule has 0 spiro atoms. The van der Waals surface area contributed by atoms with E-state index in [0.29, 0.717) is 73.2 Å². The molecule has 2 fully saturated rings. The molecule has 1 aromatic carbocycles. The van der Waals surface area contributed by atoms with Gasteiger partial charge in [0.2, 0.25) is 5.95 Å². The highest BCUT2D eigenvalue weighted by molar-refractivity contribution is 6.32. The highest BCUT2D eigenvalue weighted by Gasteiger charge is 2.24. The van der Waals surface area contributed by atoms with E-state index in [9.17, 15) is 4.79 Å². The summed E-state index contributed by atoms with van der Waals surface area (Å²) in [5.41, 5.74) is 1.28. The van der Waals surface area contributed by atoms with Crippen LogP contribution in [0.1, 0.15) is 29.6 Å². The monoisotopic (exact) mass is 461 g/mol. The van der Waals surface area contributed by atoms with E-state index in [1.807, 2.05) is 6.07 Å². The number of morpholine rings is 1. The number of carbonyl (C=O) groups is 1. The zero-order valence-corrected chi connectivity index (χ0v) is 18.9. The van der Waals surface area contributed by atoms with Gasteiger partial charge in [0.05, 0.1) is 37.8 Å². The van der Waals surface area contributed by atoms with Gasteiger partial charge in [0.15, 0.2) is 5.82 Å². The Balaban J connectivity index is 1.54. The van der Waals surface area contributed by atoms with Crippen LogP contribution in [0.15, 0.2) is 24.4 Å². The Labute approximate surface area is 192 Å². The molecule has 2 N–H and O–H groups in total. The van der Waals surface area contributed by atoms with E-state index < -0.39 is 0 Å². The fraction of sp³-hybridized carbons (Fsp3) is 0.500. The first-order valence-electron chi connectivity index (χ1n) is 10.8. The first-order chi connectivity index (χ1) is 15.6. The number of amides is 1. The fourth-order valence-corrected chi connectivity index (χ4v) is 3.57. The summed E-state index contributed by atoms with van der Waals surface area (Å²) in [6.07, 6.45) is 4.85. The van der Waals surface area contributed by atoms with Gasteiger partial charge in [0.1, 0.15) is 10.8 Å². The average Bonchev–Trinajstić information content (AvgIpc) is 2.79. The molecule has 1 saturated carbocycles. The quantitative estimate of drug-likeness (QED) is 0.549. The van der Waals surface area contributed by atoms with Crippen molar-refractivity contribution in [2.24, 2.45) is 0 Å². The van der Waals surface area contributed by atoms with Crippen molar-refractivity contribution in [2.45, 2.75) is 25.4 Å². The second kappa shape index (κ2) is 10.8. The van der Waals surface area contributed by atoms with Crippen LogP contribution in [0.5, 0.6) is 5.75 Å². The van der Waals surface area contributed by atoms with Gasteiger partial charge < -0.3 is 29.7 Å². The highest BCUT2D eigenvalue weighted by atomic mass is 35.5. The molecule has 32 heavy (non-hydrogen) atoms. The molecule has 0 atom stereocenters. The van der Waals surface area contributed by atoms with Gasteiger partial charge in [-0.15, -0.1) is 0 Å². The summed E-state index contributed by atoms with van der Waals surface area (Å²) in [4.78, 5) is 23.5. The predicted molar refractivity (Wildman–Crippen MR) is 122 cm³/mol. The second-order valence-corrected chi connectivity index (χ2v) is 8.13. The number of hydrogen-bond donors (Lipinski definition) is 2. The second-order valence-electron chi connectivity index (χ2n) is 7.72. The molecule has 1 amide bonds. The Morgan fingerprint density at radius 3 is 2.84 bits per heavy atom. The van der Waals surface area contributed by atoms with Gasteiger partial charge in [-0.05, 0) is 37.5 Å². The van der Waals surface area contributed by atoms with Gasteiger partial charge in [0.25, 0.3) is 5.91 Å². The van der Waals surface area contributed by atoms with Crippen LogP contribution in [0.4, 0.5) is 17.5 Å². The number of ether oxygens (including phenoxy) is 3. The largest absolute Gasteiger partial charge is 0.488 e. The zero-order chi connectivity index (χ0) is 22.3. The molecule has 4 rings (SSSR count). The van der Waals surface area contributed by atoms with E-state index >= 15 is 0 Å². The van der Waals surface area contributed by atoms with Gasteiger partial charge in [-0.25, -0.2) is 4.98 Å². The van der Waals surface area contributed by atoms with Crippen LogP contribution in [0, 0.1) is 0 Å². The summed E-state index contributed by atoms with van der Waals surface area (Å²) in [5, 5.41) is 6.75. The van der Waals surface area contributed by atoms with Crippen LogP contribution in [0.2, 0.25) is 5.02 Å². The minimum atomic E-state index is -0.0225. The lowest BCUT2D eigenvalue weighted by atomic mass is 9.96. The standard InChI is InChI=1S/C22H28ClN5O4/c1-30-10-7-24-20-17(23)14-25-22(27-20)26-18-6-5-15(13-19(18)32-16-3-2-4-16)21(29)28-8-11-31-12-9-28/h5-6,13-14,16H,2-4,7-12H2,1H3,(H2,24,25,26,27). The van der Waals surface area contributed by atoms with E-state index in [2.05, 4.69) is 20.6 Å². The van der Waals surface area contributed by atoms with E-state index in [1.54, 1.807) is 24.1 Å². The highest BCUT2D eigenvalue weighted by Crippen LogP contribution is 2.34. The van der Waals surface area contributed by atoms with Crippen LogP contribution < -0.4 is 15.4 Å². The molecule has 172 valence electrons. The third kappa shape index (κ3) is 5.59. The van der Waals surface area contributed by atoms with Crippen molar-refractivity contribution in [3.8, 4) is 5.75 Å². The Kier molecular flexibility index (Phi) is 7.62. The zero-order valence-electron chi connectivity index (χ0n) is 18.1. The molecular formula is C22H28ClN5O4. The Hall–Kier alpha value is -2.62. The predicted octanol–water partition coefficient (Wildman–Crippen LogP) is 3.34. The van der Waals surface area contributed by atoms with Gasteiger partial charge in [-0.2, -0.15) is 4.98 Å². The van der Waals surface area contributed by atoms with Gasteiger partial charge in [0, 0.05) is 32.3 Å². The Morgan fingerprint density at radius 2 is 2.12 bits per heavy atom. The maximum Gasteiger partial charge on any atom is 0.254 e. The number of benzene rings is 1. The van der Waals surface area contributed by atoms with Crippen LogP contribution in [0.3, 0.4) is 0 Å². The topological polar surface area (TPSA) is 97.8 Å². The van der Waals surface area contributed by atoms with Crippen LogP contribution in [-0.4, -0.2) is 73.4 Å². The SMILES string of the molecule is COCCNc1nc(Nc2ccc(C(=O)N3CCOCC3)cc2OC2CCC2)ncc1Cl. The lowest BCUT2D eigenvalue weighted by molar-refractivity contribution is 0.0302. The van der Waals surface area contributed by atoms with E-state index in [-0.39, 0.29) is 12.0 Å². The van der Waals surface area contributed by atoms with Gasteiger partial charge in [-0.3, -0.25) is 4.79 Å². The van der Waals surface area contributed by atoms with E-state index in [4.69, 9.17) is 25.8 Å². The summed E-state index contributed by atoms with van der Waals surface area (Å²) in [7, 11) is 1.63. The fourth-order valence-electron chi connectivity index (χ4n) is 3.42. The normalized spacial score (nSPS) is 16.4. The van der Waals surface area contributed by atoms with Gasteiger partial charge in [-0.1, -0.05) is 11.6 Å². The number of rotatable bonds is 9. The molecule has 10 heteroatoms. The van der Waals surface area contributed by atoms with Crippen LogP contribution >= 0.6 is 11.6 Å². The molecule has 1 aromatic heterocycles. The molecular weight excluding hydrogens is 434 g/mol. The molecule has 0 bridgehead atoms. The molecule has 9 nitrogen and oxygen atoms in total. The summed E-state index contributed by atoms with van der Waals surface area (Å²) < 4.78 is 16.6. The number of methoxy groups -OCH3 is 1. The lowest BCUT2D eigenvalue weighted by Crippen LogP contribution is -2.40. The third-order valence-electron chi connectivity index (χ3n) is 5.46. The van der Waals surface area contributed by atoms with Crippen LogP contribution in [-0.2, 0) is 9.47 Å². The number of carbonyl (C=O) groups excluding carboxylic acids is 1. The third-order valence-corrected chi connectivity index (χ3v) is 5.74. The minimum Gasteiger partial charge on any atom is -0.488 e. The Morgan fingerprint density at radius 1 is 1.31 bits per heavy atom. The molecule has 1 aliphatic heterocycles. The molecule has 0 radical (unpaired) electrons. The molecule has 1 saturated heterocycles. The molecule has 2 aliphatic rings. The van der Waals surface area contributed by atoms with Crippen molar-refractivity contribution >= 4 is 35.0 Å². The summed E-state index contributed by atoms with van der Waals surface area (Å²) in [6, 6.07) is 5.42. The molecule has 2 aromatic rings. The number of hydrogen-bond acceptors (Lipinski definition) is 8. The number of anilines is 3. The summed E-state index contributed by atoms with van der Waals surface area (Å²) in [5.74, 6) is 1.48. The number of halogens is 1. The maximum atomic E-state index is 12.9. The van der Waals surface area contributed by atoms with Crippen molar-refractivity contribution < 1.29 is 19.0 Å². The lowest BCUT2D eigenvalue weighted by Gasteiger charge is -2.29. The number of nitrogens with zero attached hydrogens (tertiary/aromatic N) is 3. The smallest absolute Gasteiger partial charge is 0.254 e. The van der Waals surface area contributed by atoms with Crippen molar-refractivity contribution in [1.29, 1.82) is 0 Å². The van der Waals surface area contributed by atoms with Crippen LogP contribution in [0.25, 0.3) is 0 Å². The van der Waals surface area contributed by atoms with Gasteiger partial charge >= 0.3 is 0 Å². The minimum absolute atomic E-state index is 0.0225. The summed E-state index contributed by atoms with van der Waals surface area (Å²) in [6.45, 7) is 3.41. The number of nitrogens with one attached hydrogen (secondary N) is 2.